The SMILES string of the molecule is N#Cc1cccnc1NCCNS(=O)(=O)c1cc2ccccc2o1. The molecule has 0 spiro atoms. The van der Waals surface area contributed by atoms with Crippen molar-refractivity contribution < 1.29 is 12.8 Å². The molecule has 0 saturated carbocycles. The number of nitrogens with zero attached hydrogens (tertiary/aromatic N) is 2. The molecule has 7 nitrogen and oxygen atoms in total. The fourth-order valence-corrected chi connectivity index (χ4v) is 3.16. The maximum absolute atomic E-state index is 12.2. The van der Waals surface area contributed by atoms with Crippen molar-refractivity contribution in [1.82, 2.24) is 9.71 Å². The minimum atomic E-state index is -3.73. The molecule has 1 aromatic carbocycles. The Morgan fingerprint density at radius 3 is 2.79 bits per heavy atom. The largest absolute Gasteiger partial charge is 0.443 e. The lowest BCUT2D eigenvalue weighted by Crippen LogP contribution is -2.28. The lowest BCUT2D eigenvalue weighted by Gasteiger charge is -2.07. The van der Waals surface area contributed by atoms with Crippen LogP contribution in [0, 0.1) is 11.3 Å². The van der Waals surface area contributed by atoms with Crippen molar-refractivity contribution in [2.75, 3.05) is 18.4 Å². The highest BCUT2D eigenvalue weighted by Gasteiger charge is 2.18. The molecule has 0 radical (unpaired) electrons. The molecular formula is C16H14N4O3S. The minimum absolute atomic E-state index is 0.126. The molecule has 3 rings (SSSR count). The van der Waals surface area contributed by atoms with Gasteiger partial charge < -0.3 is 9.73 Å². The topological polar surface area (TPSA) is 108 Å². The molecule has 2 N–H and O–H groups in total. The number of anilines is 1. The minimum Gasteiger partial charge on any atom is -0.443 e. The second-order valence-corrected chi connectivity index (χ2v) is 6.64. The van der Waals surface area contributed by atoms with Crippen molar-refractivity contribution in [3.05, 3.63) is 54.2 Å². The molecule has 0 fully saturated rings. The molecule has 0 aliphatic carbocycles. The van der Waals surface area contributed by atoms with Gasteiger partial charge in [0.25, 0.3) is 10.0 Å². The van der Waals surface area contributed by atoms with E-state index in [1.807, 2.05) is 12.1 Å². The van der Waals surface area contributed by atoms with Crippen LogP contribution in [-0.2, 0) is 10.0 Å². The number of sulfonamides is 1. The number of rotatable bonds is 6. The van der Waals surface area contributed by atoms with Gasteiger partial charge in [0.2, 0.25) is 5.09 Å². The number of hydrogen-bond acceptors (Lipinski definition) is 6. The molecular weight excluding hydrogens is 328 g/mol. The monoisotopic (exact) mass is 342 g/mol. The number of furan rings is 1. The van der Waals surface area contributed by atoms with Crippen LogP contribution in [0.4, 0.5) is 5.82 Å². The van der Waals surface area contributed by atoms with Gasteiger partial charge in [-0.3, -0.25) is 0 Å². The fraction of sp³-hybridized carbons (Fsp3) is 0.125. The number of pyridine rings is 1. The number of nitriles is 1. The Morgan fingerprint density at radius 1 is 1.17 bits per heavy atom. The lowest BCUT2D eigenvalue weighted by atomic mass is 10.3. The van der Waals surface area contributed by atoms with Crippen molar-refractivity contribution in [3.8, 4) is 6.07 Å². The van der Waals surface area contributed by atoms with E-state index in [0.717, 1.165) is 5.39 Å². The molecule has 0 aliphatic heterocycles. The molecule has 2 heterocycles. The summed E-state index contributed by atoms with van der Waals surface area (Å²) < 4.78 is 32.3. The quantitative estimate of drug-likeness (QED) is 0.664. The first-order chi connectivity index (χ1) is 11.6. The number of hydrogen-bond donors (Lipinski definition) is 2. The van der Waals surface area contributed by atoms with E-state index in [0.29, 0.717) is 17.0 Å². The predicted octanol–water partition coefficient (Wildman–Crippen LogP) is 2.09. The van der Waals surface area contributed by atoms with E-state index in [1.165, 1.54) is 6.07 Å². The third-order valence-corrected chi connectivity index (χ3v) is 4.62. The van der Waals surface area contributed by atoms with Crippen LogP contribution in [0.25, 0.3) is 11.0 Å². The third kappa shape index (κ3) is 3.37. The van der Waals surface area contributed by atoms with Crippen molar-refractivity contribution in [2.45, 2.75) is 5.09 Å². The van der Waals surface area contributed by atoms with Gasteiger partial charge in [-0.1, -0.05) is 18.2 Å². The zero-order valence-corrected chi connectivity index (χ0v) is 13.4. The van der Waals surface area contributed by atoms with Gasteiger partial charge in [0, 0.05) is 30.7 Å². The number of para-hydroxylation sites is 1. The fourth-order valence-electron chi connectivity index (χ4n) is 2.16. The average molecular weight is 342 g/mol. The highest BCUT2D eigenvalue weighted by Crippen LogP contribution is 2.22. The van der Waals surface area contributed by atoms with E-state index in [4.69, 9.17) is 9.68 Å². The van der Waals surface area contributed by atoms with Crippen LogP contribution in [0.15, 0.2) is 58.2 Å². The summed E-state index contributed by atoms with van der Waals surface area (Å²) in [6.45, 7) is 0.409. The zero-order valence-electron chi connectivity index (χ0n) is 12.6. The molecule has 24 heavy (non-hydrogen) atoms. The van der Waals surface area contributed by atoms with E-state index in [9.17, 15) is 8.42 Å². The van der Waals surface area contributed by atoms with Crippen LogP contribution in [0.5, 0.6) is 0 Å². The first-order valence-electron chi connectivity index (χ1n) is 7.17. The van der Waals surface area contributed by atoms with Crippen LogP contribution >= 0.6 is 0 Å². The van der Waals surface area contributed by atoms with Gasteiger partial charge in [-0.25, -0.2) is 18.1 Å². The van der Waals surface area contributed by atoms with Gasteiger partial charge in [-0.15, -0.1) is 0 Å². The van der Waals surface area contributed by atoms with E-state index in [1.54, 1.807) is 36.5 Å². The molecule has 2 aromatic heterocycles. The van der Waals surface area contributed by atoms with Crippen LogP contribution in [0.3, 0.4) is 0 Å². The van der Waals surface area contributed by atoms with Crippen LogP contribution in [0.2, 0.25) is 0 Å². The molecule has 0 bridgehead atoms. The van der Waals surface area contributed by atoms with E-state index >= 15 is 0 Å². The molecule has 0 unspecified atom stereocenters. The summed E-state index contributed by atoms with van der Waals surface area (Å²) in [4.78, 5) is 4.04. The normalized spacial score (nSPS) is 11.3. The molecule has 3 aromatic rings. The summed E-state index contributed by atoms with van der Waals surface area (Å²) in [6, 6.07) is 13.9. The number of fused-ring (bicyclic) bond motifs is 1. The summed E-state index contributed by atoms with van der Waals surface area (Å²) in [5.41, 5.74) is 0.917. The van der Waals surface area contributed by atoms with Crippen molar-refractivity contribution in [2.24, 2.45) is 0 Å². The number of benzene rings is 1. The van der Waals surface area contributed by atoms with Gasteiger partial charge >= 0.3 is 0 Å². The Labute approximate surface area is 139 Å². The highest BCUT2D eigenvalue weighted by molar-refractivity contribution is 7.89. The van der Waals surface area contributed by atoms with Gasteiger partial charge in [-0.05, 0) is 18.2 Å². The maximum Gasteiger partial charge on any atom is 0.274 e. The van der Waals surface area contributed by atoms with Gasteiger partial charge in [0.15, 0.2) is 0 Å². The molecule has 0 saturated heterocycles. The Kier molecular flexibility index (Phi) is 4.46. The molecule has 8 heteroatoms. The first-order valence-corrected chi connectivity index (χ1v) is 8.66. The summed E-state index contributed by atoms with van der Waals surface area (Å²) in [5.74, 6) is 0.419. The Morgan fingerprint density at radius 2 is 2.00 bits per heavy atom. The van der Waals surface area contributed by atoms with Gasteiger partial charge in [0.1, 0.15) is 17.5 Å². The van der Waals surface area contributed by atoms with E-state index < -0.39 is 10.0 Å². The predicted molar refractivity (Wildman–Crippen MR) is 88.8 cm³/mol. The van der Waals surface area contributed by atoms with E-state index in [2.05, 4.69) is 15.0 Å². The Hall–Kier alpha value is -2.89. The average Bonchev–Trinajstić information content (AvgIpc) is 3.04. The van der Waals surface area contributed by atoms with Gasteiger partial charge in [-0.2, -0.15) is 5.26 Å². The smallest absolute Gasteiger partial charge is 0.274 e. The van der Waals surface area contributed by atoms with E-state index in [-0.39, 0.29) is 18.2 Å². The van der Waals surface area contributed by atoms with Crippen LogP contribution < -0.4 is 10.0 Å². The molecule has 0 amide bonds. The Balaban J connectivity index is 1.62. The number of nitrogens with one attached hydrogen (secondary N) is 2. The summed E-state index contributed by atoms with van der Waals surface area (Å²) in [5, 5.41) is 12.5. The second kappa shape index (κ2) is 6.70. The number of aromatic nitrogens is 1. The standard InChI is InChI=1S/C16H14N4O3S/c17-11-13-5-3-7-18-16(13)19-8-9-20-24(21,22)15-10-12-4-1-2-6-14(12)23-15/h1-7,10,20H,8-9H2,(H,18,19). The molecule has 0 atom stereocenters. The second-order valence-electron chi connectivity index (χ2n) is 4.94. The molecule has 122 valence electrons. The third-order valence-electron chi connectivity index (χ3n) is 3.31. The Bertz CT molecular complexity index is 972. The highest BCUT2D eigenvalue weighted by atomic mass is 32.2. The zero-order chi connectivity index (χ0) is 17.0. The first kappa shape index (κ1) is 16.0. The lowest BCUT2D eigenvalue weighted by molar-refractivity contribution is 0.476. The summed E-state index contributed by atoms with van der Waals surface area (Å²) >= 11 is 0. The van der Waals surface area contributed by atoms with Crippen molar-refractivity contribution in [3.63, 3.8) is 0 Å². The summed E-state index contributed by atoms with van der Waals surface area (Å²) in [7, 11) is -3.73. The maximum atomic E-state index is 12.2. The van der Waals surface area contributed by atoms with Crippen LogP contribution in [-0.4, -0.2) is 26.5 Å². The van der Waals surface area contributed by atoms with Crippen LogP contribution in [0.1, 0.15) is 5.56 Å². The summed E-state index contributed by atoms with van der Waals surface area (Å²) in [6.07, 6.45) is 1.56. The van der Waals surface area contributed by atoms with Crippen molar-refractivity contribution >= 4 is 26.8 Å². The van der Waals surface area contributed by atoms with Crippen molar-refractivity contribution in [1.29, 1.82) is 5.26 Å². The van der Waals surface area contributed by atoms with Gasteiger partial charge in [0.05, 0.1) is 5.56 Å². The molecule has 0 aliphatic rings.